The second kappa shape index (κ2) is 11.0. The normalized spacial score (nSPS) is 15.6. The Morgan fingerprint density at radius 3 is 2.64 bits per heavy atom. The molecule has 2 aromatic carbocycles. The van der Waals surface area contributed by atoms with Crippen molar-refractivity contribution in [3.63, 3.8) is 0 Å². The van der Waals surface area contributed by atoms with Gasteiger partial charge in [-0.3, -0.25) is 4.79 Å². The molecule has 0 radical (unpaired) electrons. The van der Waals surface area contributed by atoms with Crippen LogP contribution in [0.4, 0.5) is 0 Å². The zero-order valence-electron chi connectivity index (χ0n) is 17.8. The van der Waals surface area contributed by atoms with Crippen molar-refractivity contribution in [1.29, 1.82) is 5.26 Å². The van der Waals surface area contributed by atoms with Crippen molar-refractivity contribution in [3.05, 3.63) is 79.9 Å². The molecule has 0 unspecified atom stereocenters. The highest BCUT2D eigenvalue weighted by molar-refractivity contribution is 9.10. The van der Waals surface area contributed by atoms with E-state index in [0.717, 1.165) is 21.8 Å². The van der Waals surface area contributed by atoms with Crippen LogP contribution in [0.25, 0.3) is 6.08 Å². The molecule has 7 nitrogen and oxygen atoms in total. The summed E-state index contributed by atoms with van der Waals surface area (Å²) in [5.41, 5.74) is 1.73. The predicted molar refractivity (Wildman–Crippen MR) is 130 cm³/mol. The number of amides is 1. The van der Waals surface area contributed by atoms with Gasteiger partial charge in [0, 0.05) is 15.6 Å². The van der Waals surface area contributed by atoms with Crippen molar-refractivity contribution in [2.45, 2.75) is 13.8 Å². The van der Waals surface area contributed by atoms with Crippen LogP contribution < -0.4 is 4.74 Å². The fourth-order valence-corrected chi connectivity index (χ4v) is 4.24. The number of ether oxygens (including phenoxy) is 2. The maximum Gasteiger partial charge on any atom is 0.344 e. The highest BCUT2D eigenvalue weighted by atomic mass is 79.9. The third kappa shape index (κ3) is 5.92. The van der Waals surface area contributed by atoms with Gasteiger partial charge in [0.25, 0.3) is 5.91 Å². The van der Waals surface area contributed by atoms with Crippen molar-refractivity contribution >= 4 is 50.7 Å². The van der Waals surface area contributed by atoms with Crippen molar-refractivity contribution in [3.8, 4) is 11.8 Å². The molecule has 1 heterocycles. The summed E-state index contributed by atoms with van der Waals surface area (Å²) in [5.74, 6) is -1.26. The van der Waals surface area contributed by atoms with Gasteiger partial charge in [0.05, 0.1) is 11.5 Å². The number of carbonyl (C=O) groups excluding carboxylic acids is 2. The van der Waals surface area contributed by atoms with E-state index < -0.39 is 11.9 Å². The fraction of sp³-hybridized carbons (Fsp3) is 0.167. The first-order valence-corrected chi connectivity index (χ1v) is 11.4. The smallest absolute Gasteiger partial charge is 0.344 e. The van der Waals surface area contributed by atoms with Crippen molar-refractivity contribution < 1.29 is 24.2 Å². The van der Waals surface area contributed by atoms with E-state index in [1.807, 2.05) is 13.0 Å². The molecule has 0 saturated heterocycles. The summed E-state index contributed by atoms with van der Waals surface area (Å²) in [6.45, 7) is 3.48. The summed E-state index contributed by atoms with van der Waals surface area (Å²) in [6.07, 6.45) is 1.59. The first-order chi connectivity index (χ1) is 15.8. The van der Waals surface area contributed by atoms with Crippen molar-refractivity contribution in [2.24, 2.45) is 4.99 Å². The summed E-state index contributed by atoms with van der Waals surface area (Å²) in [4.78, 5) is 29.6. The predicted octanol–water partition coefficient (Wildman–Crippen LogP) is 5.36. The number of carbonyl (C=O) groups is 2. The summed E-state index contributed by atoms with van der Waals surface area (Å²) in [6, 6.07) is 13.9. The van der Waals surface area contributed by atoms with Crippen LogP contribution in [0.3, 0.4) is 0 Å². The van der Waals surface area contributed by atoms with Gasteiger partial charge < -0.3 is 14.6 Å². The van der Waals surface area contributed by atoms with E-state index in [4.69, 9.17) is 14.7 Å². The Morgan fingerprint density at radius 2 is 1.97 bits per heavy atom. The van der Waals surface area contributed by atoms with Crippen LogP contribution in [0.2, 0.25) is 0 Å². The third-order valence-corrected chi connectivity index (χ3v) is 5.94. The molecule has 0 aromatic heterocycles. The topological polar surface area (TPSA) is 109 Å². The highest BCUT2D eigenvalue weighted by Gasteiger charge is 2.34. The van der Waals surface area contributed by atoms with Crippen molar-refractivity contribution in [2.75, 3.05) is 13.2 Å². The summed E-state index contributed by atoms with van der Waals surface area (Å²) in [7, 11) is 0. The molecule has 0 fully saturated rings. The first kappa shape index (κ1) is 24.3. The molecule has 0 spiro atoms. The zero-order valence-corrected chi connectivity index (χ0v) is 20.2. The van der Waals surface area contributed by atoms with Gasteiger partial charge in [-0.2, -0.15) is 5.26 Å². The quantitative estimate of drug-likeness (QED) is 0.504. The molecule has 0 bridgehead atoms. The highest BCUT2D eigenvalue weighted by Crippen LogP contribution is 2.40. The third-order valence-electron chi connectivity index (χ3n) is 4.42. The van der Waals surface area contributed by atoms with Gasteiger partial charge in [-0.15, -0.1) is 0 Å². The largest absolute Gasteiger partial charge is 0.506 e. The standard InChI is InChI=1S/C24H19BrN2O5S/c1-3-31-24(30)20-21(28)19(13-16-12-17(25)8-9-18(16)32-11-10-26)33-23(20)27-22(29)15-6-4-14(2)5-7-15/h4-9,12-13,28H,3,11H2,1-2H3/b19-13-,27-23?. The number of benzene rings is 2. The number of nitrogens with zero attached hydrogens (tertiary/aromatic N) is 2. The number of rotatable bonds is 6. The molecular formula is C24H19BrN2O5S. The lowest BCUT2D eigenvalue weighted by atomic mass is 10.1. The number of nitriles is 1. The molecule has 0 saturated carbocycles. The second-order valence-corrected chi connectivity index (χ2v) is 8.72. The Hall–Kier alpha value is -3.35. The van der Waals surface area contributed by atoms with Gasteiger partial charge in [-0.05, 0) is 50.3 Å². The minimum Gasteiger partial charge on any atom is -0.506 e. The number of aliphatic imine (C=N–C) groups is 1. The van der Waals surface area contributed by atoms with Crippen LogP contribution >= 0.6 is 27.7 Å². The van der Waals surface area contributed by atoms with Gasteiger partial charge in [0.15, 0.2) is 6.61 Å². The molecule has 33 heavy (non-hydrogen) atoms. The molecule has 168 valence electrons. The van der Waals surface area contributed by atoms with Gasteiger partial charge in [-0.1, -0.05) is 45.4 Å². The number of halogens is 1. The average molecular weight is 527 g/mol. The summed E-state index contributed by atoms with van der Waals surface area (Å²) < 4.78 is 11.3. The fourth-order valence-electron chi connectivity index (χ4n) is 2.86. The Balaban J connectivity index is 2.04. The van der Waals surface area contributed by atoms with E-state index in [0.29, 0.717) is 16.9 Å². The average Bonchev–Trinajstić information content (AvgIpc) is 3.08. The van der Waals surface area contributed by atoms with E-state index >= 15 is 0 Å². The van der Waals surface area contributed by atoms with Crippen LogP contribution in [0.15, 0.2) is 68.2 Å². The minimum atomic E-state index is -0.781. The number of hydrogen-bond donors (Lipinski definition) is 1. The van der Waals surface area contributed by atoms with Crippen LogP contribution in [0.1, 0.15) is 28.4 Å². The molecule has 1 aliphatic heterocycles. The molecule has 1 N–H and O–H groups in total. The lowest BCUT2D eigenvalue weighted by Crippen LogP contribution is -2.14. The van der Waals surface area contributed by atoms with E-state index in [-0.39, 0.29) is 34.5 Å². The molecule has 0 atom stereocenters. The molecule has 0 aliphatic carbocycles. The number of hydrogen-bond acceptors (Lipinski definition) is 7. The molecule has 3 rings (SSSR count). The SMILES string of the molecule is CCOC(=O)C1=C(O)/C(=C/c2cc(Br)ccc2OCC#N)SC1=NC(=O)c1ccc(C)cc1. The summed E-state index contributed by atoms with van der Waals surface area (Å²) >= 11 is 4.36. The molecule has 2 aromatic rings. The zero-order chi connectivity index (χ0) is 24.0. The van der Waals surface area contributed by atoms with Crippen molar-refractivity contribution in [1.82, 2.24) is 0 Å². The number of aryl methyl sites for hydroxylation is 1. The van der Waals surface area contributed by atoms with Gasteiger partial charge in [0.1, 0.15) is 28.2 Å². The van der Waals surface area contributed by atoms with Crippen LogP contribution in [-0.2, 0) is 9.53 Å². The Labute approximate surface area is 203 Å². The first-order valence-electron chi connectivity index (χ1n) is 9.83. The molecule has 9 heteroatoms. The number of thioether (sulfide) groups is 1. The monoisotopic (exact) mass is 526 g/mol. The van der Waals surface area contributed by atoms with Gasteiger partial charge in [0.2, 0.25) is 0 Å². The van der Waals surface area contributed by atoms with E-state index in [1.54, 1.807) is 55.5 Å². The van der Waals surface area contributed by atoms with E-state index in [1.165, 1.54) is 0 Å². The molecule has 1 aliphatic rings. The van der Waals surface area contributed by atoms with Crippen LogP contribution in [-0.4, -0.2) is 35.2 Å². The lowest BCUT2D eigenvalue weighted by Gasteiger charge is -2.07. The summed E-state index contributed by atoms with van der Waals surface area (Å²) in [5, 5.41) is 19.7. The number of aliphatic hydroxyl groups excluding tert-OH is 1. The van der Waals surface area contributed by atoms with Gasteiger partial charge >= 0.3 is 5.97 Å². The number of aliphatic hydroxyl groups is 1. The number of esters is 1. The molecule has 1 amide bonds. The minimum absolute atomic E-state index is 0.0391. The van der Waals surface area contributed by atoms with Crippen LogP contribution in [0.5, 0.6) is 5.75 Å². The maximum absolute atomic E-state index is 12.7. The molecular weight excluding hydrogens is 508 g/mol. The Morgan fingerprint density at radius 1 is 1.24 bits per heavy atom. The maximum atomic E-state index is 12.7. The van der Waals surface area contributed by atoms with Gasteiger partial charge in [-0.25, -0.2) is 9.79 Å². The second-order valence-electron chi connectivity index (χ2n) is 6.77. The van der Waals surface area contributed by atoms with E-state index in [2.05, 4.69) is 20.9 Å². The Kier molecular flexibility index (Phi) is 8.09. The lowest BCUT2D eigenvalue weighted by molar-refractivity contribution is -0.138. The Bertz CT molecular complexity index is 1230. The van der Waals surface area contributed by atoms with E-state index in [9.17, 15) is 14.7 Å². The van der Waals surface area contributed by atoms with Crippen LogP contribution in [0, 0.1) is 18.3 Å².